The highest BCUT2D eigenvalue weighted by molar-refractivity contribution is 7.60. The summed E-state index contributed by atoms with van der Waals surface area (Å²) in [5.74, 6) is 0. The summed E-state index contributed by atoms with van der Waals surface area (Å²) < 4.78 is 0. The first kappa shape index (κ1) is 16.9. The van der Waals surface area contributed by atoms with Crippen LogP contribution in [0.15, 0.2) is 0 Å². The van der Waals surface area contributed by atoms with E-state index in [4.69, 9.17) is 0 Å². The predicted octanol–water partition coefficient (Wildman–Crippen LogP) is 2.33. The molecule has 0 aliphatic rings. The lowest BCUT2D eigenvalue weighted by Gasteiger charge is -2.32. The third-order valence-corrected chi connectivity index (χ3v) is 55.5. The number of hydrogen-bond donors (Lipinski definition) is 0. The number of rotatable bonds is 7. The molecule has 0 heterocycles. The van der Waals surface area contributed by atoms with Crippen LogP contribution in [0.3, 0.4) is 0 Å². The van der Waals surface area contributed by atoms with E-state index in [1.54, 1.807) is 0 Å². The summed E-state index contributed by atoms with van der Waals surface area (Å²) in [6, 6.07) is 0. The maximum atomic E-state index is 2.56. The molecule has 0 fully saturated rings. The molecule has 0 aromatic carbocycles. The van der Waals surface area contributed by atoms with E-state index in [1.165, 1.54) is 0 Å². The molecular formula is C12H34Si4. The van der Waals surface area contributed by atoms with Crippen LogP contribution in [0.25, 0.3) is 0 Å². The molecule has 2 atom stereocenters. The van der Waals surface area contributed by atoms with Crippen molar-refractivity contribution >= 4 is 33.7 Å². The summed E-state index contributed by atoms with van der Waals surface area (Å²) in [5, 5.41) is 0. The highest BCUT2D eigenvalue weighted by atomic mass is 29.8. The minimum Gasteiger partial charge on any atom is -0.0660 e. The molecule has 0 amide bonds. The molecule has 0 radical (unpaired) electrons. The second kappa shape index (κ2) is 8.05. The van der Waals surface area contributed by atoms with E-state index in [0.717, 1.165) is 22.2 Å². The minimum atomic E-state index is -0.254. The topological polar surface area (TPSA) is 0 Å². The molecule has 0 saturated heterocycles. The fraction of sp³-hybridized carbons (Fsp3) is 1.00. The number of hydrogen-bond acceptors (Lipinski definition) is 0. The van der Waals surface area contributed by atoms with Crippen LogP contribution in [0.5, 0.6) is 0 Å². The molecule has 16 heavy (non-hydrogen) atoms. The molecule has 0 rings (SSSR count). The molecular weight excluding hydrogens is 256 g/mol. The monoisotopic (exact) mass is 290 g/mol. The fourth-order valence-electron chi connectivity index (χ4n) is 2.97. The first-order chi connectivity index (χ1) is 7.25. The van der Waals surface area contributed by atoms with Crippen LogP contribution in [-0.4, -0.2) is 33.7 Å². The fourth-order valence-corrected chi connectivity index (χ4v) is 63.0. The summed E-state index contributed by atoms with van der Waals surface area (Å²) in [7, 11) is 0.121. The molecule has 0 aromatic heterocycles. The molecule has 2 unspecified atom stereocenters. The van der Waals surface area contributed by atoms with E-state index in [1.807, 2.05) is 0 Å². The molecule has 0 nitrogen and oxygen atoms in total. The van der Waals surface area contributed by atoms with Gasteiger partial charge < -0.3 is 0 Å². The van der Waals surface area contributed by atoms with Crippen molar-refractivity contribution in [3.8, 4) is 0 Å². The van der Waals surface area contributed by atoms with Crippen molar-refractivity contribution in [2.24, 2.45) is 0 Å². The lowest BCUT2D eigenvalue weighted by atomic mass is 10.6. The van der Waals surface area contributed by atoms with Crippen LogP contribution in [0, 0.1) is 0 Å². The van der Waals surface area contributed by atoms with Gasteiger partial charge >= 0.3 is 0 Å². The van der Waals surface area contributed by atoms with Gasteiger partial charge in [-0.2, -0.15) is 0 Å². The maximum absolute atomic E-state index is 2.56. The Hall–Kier alpha value is 0.868. The molecule has 4 heteroatoms. The summed E-state index contributed by atoms with van der Waals surface area (Å²) in [4.78, 5) is 0. The smallest absolute Gasteiger partial charge is 0.0171 e. The van der Waals surface area contributed by atoms with Gasteiger partial charge in [0.05, 0.1) is 0 Å². The zero-order chi connectivity index (χ0) is 12.9. The van der Waals surface area contributed by atoms with E-state index in [2.05, 4.69) is 55.4 Å². The van der Waals surface area contributed by atoms with E-state index in [0.29, 0.717) is 18.1 Å². The minimum absolute atomic E-state index is 0.254. The second-order valence-corrected chi connectivity index (χ2v) is 35.9. The van der Waals surface area contributed by atoms with Crippen molar-refractivity contribution in [1.82, 2.24) is 0 Å². The zero-order valence-corrected chi connectivity index (χ0v) is 18.0. The molecule has 0 aromatic rings. The Kier molecular flexibility index (Phi) is 8.49. The van der Waals surface area contributed by atoms with E-state index >= 15 is 0 Å². The molecule has 0 spiro atoms. The second-order valence-electron chi connectivity index (χ2n) is 7.07. The van der Waals surface area contributed by atoms with Gasteiger partial charge in [-0.05, 0) is 0 Å². The first-order valence-corrected chi connectivity index (χ1v) is 19.4. The predicted molar refractivity (Wildman–Crippen MR) is 91.8 cm³/mol. The van der Waals surface area contributed by atoms with E-state index in [-0.39, 0.29) is 15.7 Å². The summed E-state index contributed by atoms with van der Waals surface area (Å²) in [5.41, 5.74) is 4.43. The Bertz CT molecular complexity index is 158. The van der Waals surface area contributed by atoms with E-state index in [9.17, 15) is 0 Å². The maximum Gasteiger partial charge on any atom is 0.0171 e. The summed E-state index contributed by atoms with van der Waals surface area (Å²) in [6.07, 6.45) is 0. The molecule has 0 aliphatic carbocycles. The summed E-state index contributed by atoms with van der Waals surface area (Å²) in [6.45, 7) is 20.2. The van der Waals surface area contributed by atoms with Crippen LogP contribution >= 0.6 is 0 Å². The third kappa shape index (κ3) is 6.57. The SMILES string of the molecule is CC(C)[SiH2][SiH](C(C)C)[SiH]([SiH2]C(C)C)C(C)C. The lowest BCUT2D eigenvalue weighted by Crippen LogP contribution is -2.51. The largest absolute Gasteiger partial charge is 0.0660 e. The van der Waals surface area contributed by atoms with Crippen LogP contribution in [0.1, 0.15) is 55.4 Å². The van der Waals surface area contributed by atoms with Gasteiger partial charge in [-0.3, -0.25) is 0 Å². The van der Waals surface area contributed by atoms with Gasteiger partial charge in [0.25, 0.3) is 0 Å². The van der Waals surface area contributed by atoms with Crippen LogP contribution < -0.4 is 0 Å². The van der Waals surface area contributed by atoms with Crippen molar-refractivity contribution in [3.63, 3.8) is 0 Å². The Morgan fingerprint density at radius 2 is 0.812 bits per heavy atom. The van der Waals surface area contributed by atoms with Crippen LogP contribution in [0.2, 0.25) is 22.2 Å². The average Bonchev–Trinajstić information content (AvgIpc) is 2.09. The Labute approximate surface area is 111 Å². The van der Waals surface area contributed by atoms with Gasteiger partial charge in [-0.25, -0.2) is 0 Å². The standard InChI is InChI=1S/C12H34Si4/c1-9(2)13-15(11(5)6)16(12(7)8)14-10(3)4/h9-12,15-16H,13-14H2,1-8H3. The van der Waals surface area contributed by atoms with Crippen molar-refractivity contribution < 1.29 is 0 Å². The highest BCUT2D eigenvalue weighted by Gasteiger charge is 2.30. The lowest BCUT2D eigenvalue weighted by molar-refractivity contribution is 1.02. The summed E-state index contributed by atoms with van der Waals surface area (Å²) >= 11 is 0. The Morgan fingerprint density at radius 1 is 0.562 bits per heavy atom. The van der Waals surface area contributed by atoms with Gasteiger partial charge in [0.1, 0.15) is 0 Å². The highest BCUT2D eigenvalue weighted by Crippen LogP contribution is 2.22. The Balaban J connectivity index is 4.66. The van der Waals surface area contributed by atoms with Crippen LogP contribution in [0.4, 0.5) is 0 Å². The third-order valence-electron chi connectivity index (χ3n) is 3.75. The van der Waals surface area contributed by atoms with Gasteiger partial charge in [0.2, 0.25) is 0 Å². The molecule has 98 valence electrons. The van der Waals surface area contributed by atoms with Crippen molar-refractivity contribution in [3.05, 3.63) is 0 Å². The van der Waals surface area contributed by atoms with Gasteiger partial charge in [-0.15, -0.1) is 0 Å². The normalized spacial score (nSPS) is 18.0. The zero-order valence-electron chi connectivity index (χ0n) is 12.9. The van der Waals surface area contributed by atoms with Crippen molar-refractivity contribution in [2.75, 3.05) is 0 Å². The van der Waals surface area contributed by atoms with Crippen LogP contribution in [-0.2, 0) is 0 Å². The molecule has 0 aliphatic heterocycles. The molecule has 0 N–H and O–H groups in total. The molecule has 0 saturated carbocycles. The van der Waals surface area contributed by atoms with Gasteiger partial charge in [0, 0.05) is 33.7 Å². The van der Waals surface area contributed by atoms with E-state index < -0.39 is 0 Å². The molecule has 0 bridgehead atoms. The van der Waals surface area contributed by atoms with Crippen molar-refractivity contribution in [2.45, 2.75) is 77.6 Å². The quantitative estimate of drug-likeness (QED) is 0.631. The van der Waals surface area contributed by atoms with Gasteiger partial charge in [0.15, 0.2) is 0 Å². The first-order valence-electron chi connectivity index (χ1n) is 7.25. The van der Waals surface area contributed by atoms with Gasteiger partial charge in [-0.1, -0.05) is 77.6 Å². The van der Waals surface area contributed by atoms with Crippen molar-refractivity contribution in [1.29, 1.82) is 0 Å². The average molecular weight is 291 g/mol. The Morgan fingerprint density at radius 3 is 0.938 bits per heavy atom.